The van der Waals surface area contributed by atoms with Crippen molar-refractivity contribution in [2.45, 2.75) is 6.04 Å². The number of ether oxygens (including phenoxy) is 2. The quantitative estimate of drug-likeness (QED) is 0.260. The van der Waals surface area contributed by atoms with Crippen LogP contribution in [0.1, 0.15) is 27.5 Å². The molecule has 0 aliphatic carbocycles. The number of methoxy groups -OCH3 is 2. The Labute approximate surface area is 238 Å². The third-order valence-corrected chi connectivity index (χ3v) is 7.93. The molecule has 3 aromatic carbocycles. The molecule has 1 unspecified atom stereocenters. The Morgan fingerprint density at radius 2 is 1.54 bits per heavy atom. The molecule has 0 fully saturated rings. The number of fused-ring (bicyclic) bond motifs is 3. The van der Waals surface area contributed by atoms with Gasteiger partial charge in [0.2, 0.25) is 5.78 Å². The van der Waals surface area contributed by atoms with E-state index in [0.29, 0.717) is 16.3 Å². The van der Waals surface area contributed by atoms with E-state index < -0.39 is 18.0 Å². The standard InChI is InChI=1S/C30H23BrN2O5S/c1-37-29(35)23-24-22-11-7-6-8-18(22)16-17-33(24)25(26(34)19-12-14-20(31)15-13-19)28(39-27(23)30(36)38-2)32-21-9-4-3-5-10-21/h3-17,24,32H,1-2H3. The van der Waals surface area contributed by atoms with E-state index >= 15 is 0 Å². The Morgan fingerprint density at radius 1 is 0.872 bits per heavy atom. The lowest BCUT2D eigenvalue weighted by Gasteiger charge is -2.36. The van der Waals surface area contributed by atoms with E-state index in [-0.39, 0.29) is 22.0 Å². The lowest BCUT2D eigenvalue weighted by atomic mass is 9.89. The molecule has 0 saturated heterocycles. The van der Waals surface area contributed by atoms with E-state index in [1.807, 2.05) is 60.7 Å². The normalized spacial score (nSPS) is 16.2. The number of anilines is 1. The second-order valence-electron chi connectivity index (χ2n) is 8.59. The number of ketones is 1. The Bertz CT molecular complexity index is 1550. The van der Waals surface area contributed by atoms with E-state index in [1.54, 1.807) is 35.4 Å². The molecular weight excluding hydrogens is 580 g/mol. The van der Waals surface area contributed by atoms with Crippen LogP contribution in [0, 0.1) is 0 Å². The molecule has 0 aromatic heterocycles. The van der Waals surface area contributed by atoms with Gasteiger partial charge in [0.15, 0.2) is 0 Å². The van der Waals surface area contributed by atoms with Crippen LogP contribution in [0.3, 0.4) is 0 Å². The van der Waals surface area contributed by atoms with Gasteiger partial charge in [-0.15, -0.1) is 0 Å². The zero-order valence-corrected chi connectivity index (χ0v) is 23.4. The predicted octanol–water partition coefficient (Wildman–Crippen LogP) is 6.29. The number of thioether (sulfide) groups is 1. The molecule has 0 spiro atoms. The fourth-order valence-electron chi connectivity index (χ4n) is 4.51. The monoisotopic (exact) mass is 602 g/mol. The average molecular weight is 603 g/mol. The maximum absolute atomic E-state index is 14.3. The summed E-state index contributed by atoms with van der Waals surface area (Å²) >= 11 is 4.40. The molecule has 0 radical (unpaired) electrons. The van der Waals surface area contributed by atoms with Crippen LogP contribution in [0.4, 0.5) is 5.69 Å². The van der Waals surface area contributed by atoms with Crippen LogP contribution in [0.2, 0.25) is 0 Å². The van der Waals surface area contributed by atoms with E-state index in [9.17, 15) is 14.4 Å². The number of benzene rings is 3. The van der Waals surface area contributed by atoms with Crippen molar-refractivity contribution >= 4 is 57.2 Å². The highest BCUT2D eigenvalue weighted by Crippen LogP contribution is 2.48. The van der Waals surface area contributed by atoms with E-state index in [0.717, 1.165) is 27.4 Å². The van der Waals surface area contributed by atoms with Crippen LogP contribution in [0.5, 0.6) is 0 Å². The van der Waals surface area contributed by atoms with Crippen LogP contribution in [0.25, 0.3) is 6.08 Å². The van der Waals surface area contributed by atoms with Crippen molar-refractivity contribution < 1.29 is 23.9 Å². The number of hydrogen-bond acceptors (Lipinski definition) is 8. The third-order valence-electron chi connectivity index (χ3n) is 6.31. The van der Waals surface area contributed by atoms with Gasteiger partial charge in [-0.25, -0.2) is 9.59 Å². The van der Waals surface area contributed by atoms with Gasteiger partial charge in [-0.05, 0) is 53.6 Å². The molecule has 7 nitrogen and oxygen atoms in total. The van der Waals surface area contributed by atoms with Crippen LogP contribution in [-0.4, -0.2) is 36.8 Å². The number of para-hydroxylation sites is 1. The van der Waals surface area contributed by atoms with Gasteiger partial charge in [-0.1, -0.05) is 70.2 Å². The Hall–Kier alpha value is -4.08. The first-order valence-electron chi connectivity index (χ1n) is 11.9. The second kappa shape index (κ2) is 11.3. The Morgan fingerprint density at radius 3 is 2.23 bits per heavy atom. The number of carbonyl (C=O) groups excluding carboxylic acids is 3. The molecule has 196 valence electrons. The van der Waals surface area contributed by atoms with Crippen molar-refractivity contribution in [2.75, 3.05) is 19.5 Å². The van der Waals surface area contributed by atoms with Gasteiger partial charge in [0.1, 0.15) is 15.6 Å². The molecule has 2 heterocycles. The van der Waals surface area contributed by atoms with E-state index in [2.05, 4.69) is 21.2 Å². The summed E-state index contributed by atoms with van der Waals surface area (Å²) < 4.78 is 11.1. The zero-order valence-electron chi connectivity index (χ0n) is 21.0. The Kier molecular flexibility index (Phi) is 7.72. The third kappa shape index (κ3) is 5.15. The van der Waals surface area contributed by atoms with Gasteiger partial charge < -0.3 is 19.7 Å². The highest BCUT2D eigenvalue weighted by molar-refractivity contribution is 9.10. The fourth-order valence-corrected chi connectivity index (χ4v) is 5.91. The lowest BCUT2D eigenvalue weighted by Crippen LogP contribution is -2.34. The molecular formula is C30H23BrN2O5S. The summed E-state index contributed by atoms with van der Waals surface area (Å²) in [7, 11) is 2.52. The SMILES string of the molecule is COC(=O)C1=C(C(=O)OC)C2c3ccccc3C=CN2C(C(=O)c2ccc(Br)cc2)=C(Nc2ccccc2)S1. The minimum atomic E-state index is -0.829. The predicted molar refractivity (Wildman–Crippen MR) is 154 cm³/mol. The summed E-state index contributed by atoms with van der Waals surface area (Å²) in [6.45, 7) is 0. The minimum absolute atomic E-state index is 0.0292. The van der Waals surface area contributed by atoms with Crippen molar-refractivity contribution in [3.8, 4) is 0 Å². The number of nitrogens with one attached hydrogen (secondary N) is 1. The van der Waals surface area contributed by atoms with Crippen molar-refractivity contribution in [3.05, 3.63) is 127 Å². The average Bonchev–Trinajstić information content (AvgIpc) is 3.11. The van der Waals surface area contributed by atoms with E-state index in [4.69, 9.17) is 9.47 Å². The molecule has 1 atom stereocenters. The highest BCUT2D eigenvalue weighted by atomic mass is 79.9. The Balaban J connectivity index is 1.81. The largest absolute Gasteiger partial charge is 0.466 e. The maximum atomic E-state index is 14.3. The van der Waals surface area contributed by atoms with Crippen molar-refractivity contribution in [1.29, 1.82) is 0 Å². The maximum Gasteiger partial charge on any atom is 0.345 e. The van der Waals surface area contributed by atoms with Gasteiger partial charge in [0, 0.05) is 21.9 Å². The zero-order chi connectivity index (χ0) is 27.5. The number of carbonyl (C=O) groups is 3. The molecule has 2 aliphatic heterocycles. The number of allylic oxidation sites excluding steroid dienone is 1. The number of Topliss-reactive ketones (excluding diaryl/α,β-unsaturated/α-hetero) is 1. The van der Waals surface area contributed by atoms with Gasteiger partial charge in [-0.3, -0.25) is 4.79 Å². The molecule has 39 heavy (non-hydrogen) atoms. The van der Waals surface area contributed by atoms with Gasteiger partial charge >= 0.3 is 11.9 Å². The summed E-state index contributed by atoms with van der Waals surface area (Å²) in [6, 6.07) is 23.0. The molecule has 2 aliphatic rings. The van der Waals surface area contributed by atoms with E-state index in [1.165, 1.54) is 14.2 Å². The molecule has 9 heteroatoms. The second-order valence-corrected chi connectivity index (χ2v) is 10.5. The summed E-state index contributed by atoms with van der Waals surface area (Å²) in [6.07, 6.45) is 3.64. The summed E-state index contributed by atoms with van der Waals surface area (Å²) in [5, 5.41) is 3.68. The van der Waals surface area contributed by atoms with Crippen molar-refractivity contribution in [3.63, 3.8) is 0 Å². The topological polar surface area (TPSA) is 84.9 Å². The number of esters is 2. The number of hydrogen-bond donors (Lipinski definition) is 1. The first kappa shape index (κ1) is 26.5. The first-order valence-corrected chi connectivity index (χ1v) is 13.5. The van der Waals surface area contributed by atoms with Gasteiger partial charge in [0.05, 0.1) is 25.8 Å². The summed E-state index contributed by atoms with van der Waals surface area (Å²) in [4.78, 5) is 42.6. The molecule has 1 N–H and O–H groups in total. The number of halogens is 1. The lowest BCUT2D eigenvalue weighted by molar-refractivity contribution is -0.139. The molecule has 0 saturated carbocycles. The van der Waals surface area contributed by atoms with Crippen molar-refractivity contribution in [1.82, 2.24) is 4.90 Å². The first-order chi connectivity index (χ1) is 18.9. The summed E-state index contributed by atoms with van der Waals surface area (Å²) in [5.74, 6) is -1.70. The highest BCUT2D eigenvalue weighted by Gasteiger charge is 2.43. The molecule has 0 bridgehead atoms. The van der Waals surface area contributed by atoms with Crippen LogP contribution in [0.15, 0.2) is 111 Å². The van der Waals surface area contributed by atoms with Crippen LogP contribution in [-0.2, 0) is 19.1 Å². The fraction of sp³-hybridized carbons (Fsp3) is 0.100. The van der Waals surface area contributed by atoms with Crippen molar-refractivity contribution in [2.24, 2.45) is 0 Å². The molecule has 0 amide bonds. The van der Waals surface area contributed by atoms with Crippen LogP contribution < -0.4 is 5.32 Å². The minimum Gasteiger partial charge on any atom is -0.466 e. The van der Waals surface area contributed by atoms with Crippen LogP contribution >= 0.6 is 27.7 Å². The summed E-state index contributed by atoms with van der Waals surface area (Å²) in [5.41, 5.74) is 3.08. The molecule has 5 rings (SSSR count). The number of nitrogens with zero attached hydrogens (tertiary/aromatic N) is 1. The smallest absolute Gasteiger partial charge is 0.345 e. The number of rotatable bonds is 6. The van der Waals surface area contributed by atoms with Gasteiger partial charge in [0.25, 0.3) is 0 Å². The van der Waals surface area contributed by atoms with Gasteiger partial charge in [-0.2, -0.15) is 0 Å². The molecule has 3 aromatic rings.